The summed E-state index contributed by atoms with van der Waals surface area (Å²) in [5.74, 6) is -0.388. The van der Waals surface area contributed by atoms with Crippen LogP contribution in [0.3, 0.4) is 0 Å². The highest BCUT2D eigenvalue weighted by Gasteiger charge is 2.15. The summed E-state index contributed by atoms with van der Waals surface area (Å²) in [5.41, 5.74) is 0.583. The summed E-state index contributed by atoms with van der Waals surface area (Å²) in [5, 5.41) is 15.4. The van der Waals surface area contributed by atoms with Crippen LogP contribution in [0.2, 0.25) is 0 Å². The first-order valence-electron chi connectivity index (χ1n) is 4.04. The number of nitrogens with two attached hydrogens (primary N) is 1. The van der Waals surface area contributed by atoms with Crippen molar-refractivity contribution < 1.29 is 13.3 Å². The van der Waals surface area contributed by atoms with Crippen LogP contribution in [0.1, 0.15) is 11.1 Å². The molecule has 0 atom stereocenters. The van der Waals surface area contributed by atoms with Crippen LogP contribution in [0.25, 0.3) is 0 Å². The topological polar surface area (TPSA) is 103 Å². The Morgan fingerprint density at radius 1 is 1.47 bits per heavy atom. The quantitative estimate of drug-likeness (QED) is 0.609. The molecule has 1 aromatic rings. The molecule has 15 heavy (non-hydrogen) atoms. The van der Waals surface area contributed by atoms with Crippen LogP contribution < -0.4 is 5.14 Å². The Kier molecular flexibility index (Phi) is 3.06. The minimum absolute atomic E-state index is 0.101. The molecule has 7 heteroatoms. The molecule has 6 nitrogen and oxygen atoms in total. The Hall–Kier alpha value is -1.47. The van der Waals surface area contributed by atoms with E-state index in [4.69, 9.17) is 5.14 Å². The van der Waals surface area contributed by atoms with Crippen molar-refractivity contribution in [3.63, 3.8) is 0 Å². The smallest absolute Gasteiger partial charge is 0.258 e. The van der Waals surface area contributed by atoms with Crippen molar-refractivity contribution in [3.05, 3.63) is 39.4 Å². The molecule has 0 spiro atoms. The fourth-order valence-electron chi connectivity index (χ4n) is 1.24. The predicted octanol–water partition coefficient (Wildman–Crippen LogP) is 0.692. The fourth-order valence-corrected chi connectivity index (χ4v) is 1.99. The number of nitro benzene ring substituents is 1. The summed E-state index contributed by atoms with van der Waals surface area (Å²) >= 11 is 0. The number of nitro groups is 1. The SMILES string of the molecule is Cc1c(CS(N)(=O)=O)cccc1[N+](=O)[O-]. The standard InChI is InChI=1S/C8H10N2O4S/c1-6-7(5-15(9,13)14)3-2-4-8(6)10(11)12/h2-4H,5H2,1H3,(H2,9,13,14). The molecule has 0 saturated heterocycles. The Morgan fingerprint density at radius 2 is 2.07 bits per heavy atom. The van der Waals surface area contributed by atoms with Gasteiger partial charge in [-0.05, 0) is 12.5 Å². The second-order valence-electron chi connectivity index (χ2n) is 3.13. The monoisotopic (exact) mass is 230 g/mol. The highest BCUT2D eigenvalue weighted by atomic mass is 32.2. The van der Waals surface area contributed by atoms with Crippen LogP contribution in [0.5, 0.6) is 0 Å². The zero-order chi connectivity index (χ0) is 11.6. The number of hydrogen-bond acceptors (Lipinski definition) is 4. The zero-order valence-electron chi connectivity index (χ0n) is 8.00. The first-order chi connectivity index (χ1) is 6.81. The third-order valence-corrected chi connectivity index (χ3v) is 2.68. The Labute approximate surface area is 86.9 Å². The van der Waals surface area contributed by atoms with E-state index >= 15 is 0 Å². The molecule has 0 aliphatic heterocycles. The van der Waals surface area contributed by atoms with Gasteiger partial charge in [-0.15, -0.1) is 0 Å². The molecule has 0 aliphatic rings. The summed E-state index contributed by atoms with van der Waals surface area (Å²) in [6, 6.07) is 4.26. The third-order valence-electron chi connectivity index (χ3n) is 1.97. The molecule has 2 N–H and O–H groups in total. The van der Waals surface area contributed by atoms with Gasteiger partial charge in [-0.25, -0.2) is 13.6 Å². The Morgan fingerprint density at radius 3 is 2.53 bits per heavy atom. The number of hydrogen-bond donors (Lipinski definition) is 1. The van der Waals surface area contributed by atoms with E-state index in [1.807, 2.05) is 0 Å². The molecule has 0 radical (unpaired) electrons. The minimum Gasteiger partial charge on any atom is -0.258 e. The van der Waals surface area contributed by atoms with E-state index in [0.29, 0.717) is 11.1 Å². The second kappa shape index (κ2) is 3.95. The van der Waals surface area contributed by atoms with Gasteiger partial charge in [-0.1, -0.05) is 12.1 Å². The number of nitrogens with zero attached hydrogens (tertiary/aromatic N) is 1. The molecule has 0 fully saturated rings. The lowest BCUT2D eigenvalue weighted by Gasteiger charge is -2.04. The molecular formula is C8H10N2O4S. The Balaban J connectivity index is 3.22. The third kappa shape index (κ3) is 3.00. The van der Waals surface area contributed by atoms with Gasteiger partial charge in [0.15, 0.2) is 0 Å². The van der Waals surface area contributed by atoms with E-state index < -0.39 is 14.9 Å². The van der Waals surface area contributed by atoms with Gasteiger partial charge in [-0.3, -0.25) is 10.1 Å². The number of primary sulfonamides is 1. The van der Waals surface area contributed by atoms with Crippen LogP contribution >= 0.6 is 0 Å². The van der Waals surface area contributed by atoms with Gasteiger partial charge in [0, 0.05) is 11.6 Å². The second-order valence-corrected chi connectivity index (χ2v) is 4.74. The number of rotatable bonds is 3. The normalized spacial score (nSPS) is 11.3. The van der Waals surface area contributed by atoms with Gasteiger partial charge < -0.3 is 0 Å². The van der Waals surface area contributed by atoms with E-state index in [1.54, 1.807) is 0 Å². The van der Waals surface area contributed by atoms with E-state index in [2.05, 4.69) is 0 Å². The molecular weight excluding hydrogens is 220 g/mol. The van der Waals surface area contributed by atoms with Crippen LogP contribution in [0.15, 0.2) is 18.2 Å². The number of sulfonamides is 1. The van der Waals surface area contributed by atoms with Gasteiger partial charge >= 0.3 is 0 Å². The van der Waals surface area contributed by atoms with Crippen molar-refractivity contribution in [3.8, 4) is 0 Å². The maximum atomic E-state index is 10.8. The molecule has 0 saturated carbocycles. The molecule has 82 valence electrons. The van der Waals surface area contributed by atoms with Crippen LogP contribution in [0.4, 0.5) is 5.69 Å². The van der Waals surface area contributed by atoms with Crippen LogP contribution in [0, 0.1) is 17.0 Å². The average Bonchev–Trinajstić information content (AvgIpc) is 2.05. The first kappa shape index (κ1) is 11.6. The van der Waals surface area contributed by atoms with Crippen molar-refractivity contribution in [2.24, 2.45) is 5.14 Å². The van der Waals surface area contributed by atoms with E-state index in [-0.39, 0.29) is 11.4 Å². The lowest BCUT2D eigenvalue weighted by atomic mass is 10.1. The van der Waals surface area contributed by atoms with Crippen molar-refractivity contribution >= 4 is 15.7 Å². The lowest BCUT2D eigenvalue weighted by molar-refractivity contribution is -0.385. The molecule has 0 amide bonds. The minimum atomic E-state index is -3.66. The fraction of sp³-hybridized carbons (Fsp3) is 0.250. The highest BCUT2D eigenvalue weighted by molar-refractivity contribution is 7.88. The van der Waals surface area contributed by atoms with Crippen LogP contribution in [-0.2, 0) is 15.8 Å². The summed E-state index contributed by atoms with van der Waals surface area (Å²) in [7, 11) is -3.66. The van der Waals surface area contributed by atoms with Crippen molar-refractivity contribution in [2.45, 2.75) is 12.7 Å². The average molecular weight is 230 g/mol. The lowest BCUT2D eigenvalue weighted by Crippen LogP contribution is -2.15. The van der Waals surface area contributed by atoms with Gasteiger partial charge in [0.2, 0.25) is 10.0 Å². The highest BCUT2D eigenvalue weighted by Crippen LogP contribution is 2.21. The number of benzene rings is 1. The van der Waals surface area contributed by atoms with E-state index in [9.17, 15) is 18.5 Å². The molecule has 0 heterocycles. The molecule has 0 bridgehead atoms. The first-order valence-corrected chi connectivity index (χ1v) is 5.76. The van der Waals surface area contributed by atoms with Gasteiger partial charge in [0.1, 0.15) is 0 Å². The molecule has 0 unspecified atom stereocenters. The van der Waals surface area contributed by atoms with Crippen molar-refractivity contribution in [2.75, 3.05) is 0 Å². The summed E-state index contributed by atoms with van der Waals surface area (Å²) < 4.78 is 21.7. The van der Waals surface area contributed by atoms with E-state index in [1.165, 1.54) is 25.1 Å². The maximum absolute atomic E-state index is 10.8. The van der Waals surface area contributed by atoms with Gasteiger partial charge in [0.05, 0.1) is 10.7 Å². The Bertz CT molecular complexity index is 495. The zero-order valence-corrected chi connectivity index (χ0v) is 8.82. The molecule has 0 aliphatic carbocycles. The molecule has 0 aromatic heterocycles. The largest absolute Gasteiger partial charge is 0.272 e. The van der Waals surface area contributed by atoms with Gasteiger partial charge in [-0.2, -0.15) is 0 Å². The molecule has 1 rings (SSSR count). The summed E-state index contributed by atoms with van der Waals surface area (Å²) in [6.45, 7) is 1.50. The van der Waals surface area contributed by atoms with E-state index in [0.717, 1.165) is 0 Å². The predicted molar refractivity (Wildman–Crippen MR) is 54.6 cm³/mol. The summed E-state index contributed by atoms with van der Waals surface area (Å²) in [4.78, 5) is 10.0. The van der Waals surface area contributed by atoms with Crippen LogP contribution in [-0.4, -0.2) is 13.3 Å². The maximum Gasteiger partial charge on any atom is 0.272 e. The van der Waals surface area contributed by atoms with Gasteiger partial charge in [0.25, 0.3) is 5.69 Å². The van der Waals surface area contributed by atoms with Crippen molar-refractivity contribution in [1.29, 1.82) is 0 Å². The van der Waals surface area contributed by atoms with Crippen molar-refractivity contribution in [1.82, 2.24) is 0 Å². The molecule has 1 aromatic carbocycles. The summed E-state index contributed by atoms with van der Waals surface area (Å²) in [6.07, 6.45) is 0.